The van der Waals surface area contributed by atoms with E-state index in [0.717, 1.165) is 16.8 Å². The van der Waals surface area contributed by atoms with E-state index in [1.165, 1.54) is 11.3 Å². The summed E-state index contributed by atoms with van der Waals surface area (Å²) in [4.78, 5) is 44.9. The fourth-order valence-corrected chi connectivity index (χ4v) is 3.45. The van der Waals surface area contributed by atoms with Crippen molar-refractivity contribution in [3.05, 3.63) is 51.2 Å². The van der Waals surface area contributed by atoms with Crippen LogP contribution in [0.25, 0.3) is 0 Å². The molecule has 156 valence electrons. The van der Waals surface area contributed by atoms with Gasteiger partial charge in [0.05, 0.1) is 10.8 Å². The van der Waals surface area contributed by atoms with Crippen LogP contribution in [-0.4, -0.2) is 53.1 Å². The number of benzene rings is 1. The van der Waals surface area contributed by atoms with Gasteiger partial charge in [-0.25, -0.2) is 9.59 Å². The third-order valence-corrected chi connectivity index (χ3v) is 4.99. The van der Waals surface area contributed by atoms with Crippen molar-refractivity contribution in [2.75, 3.05) is 19.0 Å². The minimum Gasteiger partial charge on any atom is -0.481 e. The van der Waals surface area contributed by atoms with Crippen molar-refractivity contribution in [2.24, 2.45) is 0 Å². The smallest absolute Gasteiger partial charge is 0.414 e. The zero-order valence-corrected chi connectivity index (χ0v) is 17.3. The topological polar surface area (TPSA) is 132 Å². The molecular formula is C20H23NO7S. The number of hydrogen-bond acceptors (Lipinski definition) is 6. The summed E-state index contributed by atoms with van der Waals surface area (Å²) in [6, 6.07) is 7.21. The lowest BCUT2D eigenvalue weighted by atomic mass is 9.90. The molecule has 1 unspecified atom stereocenters. The van der Waals surface area contributed by atoms with E-state index in [9.17, 15) is 14.7 Å². The highest BCUT2D eigenvalue weighted by Crippen LogP contribution is 2.34. The van der Waals surface area contributed by atoms with Crippen LogP contribution in [0.1, 0.15) is 46.1 Å². The number of rotatable bonds is 6. The van der Waals surface area contributed by atoms with Crippen molar-refractivity contribution in [3.8, 4) is 0 Å². The lowest BCUT2D eigenvalue weighted by Gasteiger charge is -2.25. The first-order valence-corrected chi connectivity index (χ1v) is 9.51. The van der Waals surface area contributed by atoms with Crippen LogP contribution in [0.15, 0.2) is 29.6 Å². The van der Waals surface area contributed by atoms with Gasteiger partial charge in [-0.1, -0.05) is 25.1 Å². The van der Waals surface area contributed by atoms with Crippen molar-refractivity contribution < 1.29 is 34.5 Å². The van der Waals surface area contributed by atoms with Crippen LogP contribution in [0.4, 0.5) is 5.69 Å². The summed E-state index contributed by atoms with van der Waals surface area (Å²) in [7, 11) is 3.76. The van der Waals surface area contributed by atoms with Crippen LogP contribution in [0, 0.1) is 0 Å². The third kappa shape index (κ3) is 5.89. The van der Waals surface area contributed by atoms with Gasteiger partial charge in [0, 0.05) is 25.3 Å². The second kappa shape index (κ2) is 10.4. The molecule has 1 heterocycles. The largest absolute Gasteiger partial charge is 0.481 e. The Hall–Kier alpha value is -3.20. The number of thiophene rings is 1. The molecule has 0 radical (unpaired) electrons. The molecule has 29 heavy (non-hydrogen) atoms. The number of carboxylic acid groups (broad SMARTS) is 3. The van der Waals surface area contributed by atoms with Crippen LogP contribution in [-0.2, 0) is 20.8 Å². The summed E-state index contributed by atoms with van der Waals surface area (Å²) in [5.41, 5.74) is 3.13. The van der Waals surface area contributed by atoms with Crippen molar-refractivity contribution in [1.29, 1.82) is 0 Å². The van der Waals surface area contributed by atoms with Crippen LogP contribution in [0.3, 0.4) is 0 Å². The van der Waals surface area contributed by atoms with E-state index in [1.807, 2.05) is 43.4 Å². The van der Waals surface area contributed by atoms with E-state index >= 15 is 0 Å². The van der Waals surface area contributed by atoms with E-state index in [1.54, 1.807) is 19.1 Å². The Bertz CT molecular complexity index is 892. The second-order valence-electron chi connectivity index (χ2n) is 6.25. The summed E-state index contributed by atoms with van der Waals surface area (Å²) >= 11 is 1.42. The van der Waals surface area contributed by atoms with Gasteiger partial charge >= 0.3 is 17.9 Å². The second-order valence-corrected chi connectivity index (χ2v) is 7.20. The van der Waals surface area contributed by atoms with Gasteiger partial charge in [-0.05, 0) is 35.9 Å². The van der Waals surface area contributed by atoms with Gasteiger partial charge in [0.15, 0.2) is 0 Å². The average Bonchev–Trinajstić information content (AvgIpc) is 3.20. The Morgan fingerprint density at radius 2 is 1.62 bits per heavy atom. The molecule has 2 aromatic rings. The molecule has 1 aromatic carbocycles. The molecule has 1 aromatic heterocycles. The SMILES string of the molecule is CCc1c(C(=O)c2cccs2)ccc(C(C)C(=O)O)c1N(C)C.O=C(O)C(=O)O. The van der Waals surface area contributed by atoms with Gasteiger partial charge in [-0.3, -0.25) is 9.59 Å². The van der Waals surface area contributed by atoms with Crippen LogP contribution in [0.5, 0.6) is 0 Å². The fourth-order valence-electron chi connectivity index (χ4n) is 2.78. The number of carboxylic acids is 3. The Kier molecular flexibility index (Phi) is 8.53. The summed E-state index contributed by atoms with van der Waals surface area (Å²) < 4.78 is 0. The molecule has 2 rings (SSSR count). The summed E-state index contributed by atoms with van der Waals surface area (Å²) in [5.74, 6) is -5.14. The van der Waals surface area contributed by atoms with Crippen molar-refractivity contribution in [1.82, 2.24) is 0 Å². The monoisotopic (exact) mass is 421 g/mol. The molecule has 9 heteroatoms. The lowest BCUT2D eigenvalue weighted by molar-refractivity contribution is -0.159. The number of anilines is 1. The van der Waals surface area contributed by atoms with Crippen LogP contribution in [0.2, 0.25) is 0 Å². The van der Waals surface area contributed by atoms with Crippen LogP contribution >= 0.6 is 11.3 Å². The number of hydrogen-bond donors (Lipinski definition) is 3. The molecule has 0 bridgehead atoms. The van der Waals surface area contributed by atoms with Gasteiger partial charge in [0.25, 0.3) is 0 Å². The highest BCUT2D eigenvalue weighted by molar-refractivity contribution is 7.12. The Morgan fingerprint density at radius 3 is 2.00 bits per heavy atom. The van der Waals surface area contributed by atoms with Crippen molar-refractivity contribution in [2.45, 2.75) is 26.2 Å². The molecule has 0 amide bonds. The van der Waals surface area contributed by atoms with Gasteiger partial charge in [-0.2, -0.15) is 0 Å². The standard InChI is InChI=1S/C18H21NO3S.C2H2O4/c1-5-12-14(17(20)15-7-6-10-23-15)9-8-13(11(2)18(21)22)16(12)19(3)4;3-1(4)2(5)6/h6-11H,5H2,1-4H3,(H,21,22);(H,3,4)(H,5,6). The van der Waals surface area contributed by atoms with Gasteiger partial charge < -0.3 is 20.2 Å². The maximum atomic E-state index is 12.8. The number of aliphatic carboxylic acids is 3. The molecule has 0 fully saturated rings. The number of ketones is 1. The maximum Gasteiger partial charge on any atom is 0.414 e. The summed E-state index contributed by atoms with van der Waals surface area (Å²) in [6.45, 7) is 3.66. The Labute approximate surface area is 172 Å². The Balaban J connectivity index is 0.000000612. The molecule has 0 aliphatic heterocycles. The van der Waals surface area contributed by atoms with E-state index in [-0.39, 0.29) is 5.78 Å². The van der Waals surface area contributed by atoms with E-state index in [4.69, 9.17) is 19.8 Å². The molecule has 0 saturated carbocycles. The minimum atomic E-state index is -1.82. The van der Waals surface area contributed by atoms with E-state index < -0.39 is 23.8 Å². The van der Waals surface area contributed by atoms with Gasteiger partial charge in [-0.15, -0.1) is 11.3 Å². The lowest BCUT2D eigenvalue weighted by Crippen LogP contribution is -2.20. The molecule has 0 aliphatic rings. The highest BCUT2D eigenvalue weighted by atomic mass is 32.1. The molecule has 1 atom stereocenters. The zero-order chi connectivity index (χ0) is 22.3. The molecule has 8 nitrogen and oxygen atoms in total. The summed E-state index contributed by atoms with van der Waals surface area (Å²) in [5, 5.41) is 26.0. The first-order valence-electron chi connectivity index (χ1n) is 8.63. The Morgan fingerprint density at radius 1 is 1.03 bits per heavy atom. The summed E-state index contributed by atoms with van der Waals surface area (Å²) in [6.07, 6.45) is 0.667. The first-order chi connectivity index (χ1) is 13.5. The number of carbonyl (C=O) groups excluding carboxylic acids is 1. The molecular weight excluding hydrogens is 398 g/mol. The van der Waals surface area contributed by atoms with Gasteiger partial charge in [0.2, 0.25) is 5.78 Å². The van der Waals surface area contributed by atoms with Crippen molar-refractivity contribution in [3.63, 3.8) is 0 Å². The molecule has 0 saturated heterocycles. The predicted molar refractivity (Wildman–Crippen MR) is 109 cm³/mol. The highest BCUT2D eigenvalue weighted by Gasteiger charge is 2.24. The van der Waals surface area contributed by atoms with Crippen LogP contribution < -0.4 is 4.90 Å². The average molecular weight is 421 g/mol. The van der Waals surface area contributed by atoms with Gasteiger partial charge in [0.1, 0.15) is 0 Å². The molecule has 0 spiro atoms. The van der Waals surface area contributed by atoms with Crippen molar-refractivity contribution >= 4 is 40.7 Å². The zero-order valence-electron chi connectivity index (χ0n) is 16.5. The quantitative estimate of drug-likeness (QED) is 0.479. The number of nitrogens with zero attached hydrogens (tertiary/aromatic N) is 1. The molecule has 3 N–H and O–H groups in total. The first kappa shape index (κ1) is 23.8. The van der Waals surface area contributed by atoms with E-state index in [0.29, 0.717) is 16.9 Å². The predicted octanol–water partition coefficient (Wildman–Crippen LogP) is 2.95. The normalized spacial score (nSPS) is 11.0. The minimum absolute atomic E-state index is 0.00511. The third-order valence-electron chi connectivity index (χ3n) is 4.12. The number of carbonyl (C=O) groups is 4. The maximum absolute atomic E-state index is 12.8. The van der Waals surface area contributed by atoms with E-state index in [2.05, 4.69) is 0 Å². The fraction of sp³-hybridized carbons (Fsp3) is 0.300. The molecule has 0 aliphatic carbocycles.